The lowest BCUT2D eigenvalue weighted by atomic mass is 9.96. The van der Waals surface area contributed by atoms with Crippen molar-refractivity contribution >= 4 is 0 Å². The number of aliphatic hydroxyl groups is 1. The molecule has 2 nitrogen and oxygen atoms in total. The second-order valence-corrected chi connectivity index (χ2v) is 3.83. The van der Waals surface area contributed by atoms with E-state index >= 15 is 0 Å². The molecule has 1 aromatic rings. The van der Waals surface area contributed by atoms with Crippen molar-refractivity contribution in [3.8, 4) is 11.8 Å². The first-order valence-electron chi connectivity index (χ1n) is 5.87. The number of nitrogens with zero attached hydrogens (tertiary/aromatic N) is 1. The summed E-state index contributed by atoms with van der Waals surface area (Å²) < 4.78 is 0. The Morgan fingerprint density at radius 3 is 2.75 bits per heavy atom. The van der Waals surface area contributed by atoms with Gasteiger partial charge in [-0.05, 0) is 25.0 Å². The molecule has 1 atom stereocenters. The number of unbranched alkanes of at least 4 members (excludes halogenated alkanes) is 2. The van der Waals surface area contributed by atoms with E-state index in [2.05, 4.69) is 23.7 Å². The summed E-state index contributed by atoms with van der Waals surface area (Å²) in [5.41, 5.74) is -0.448. The summed E-state index contributed by atoms with van der Waals surface area (Å²) in [6, 6.07) is 5.53. The van der Waals surface area contributed by atoms with Crippen molar-refractivity contribution in [2.75, 3.05) is 0 Å². The summed E-state index contributed by atoms with van der Waals surface area (Å²) in [5.74, 6) is 5.98. The molecular weight excluding hydrogens is 198 g/mol. The highest BCUT2D eigenvalue weighted by Crippen LogP contribution is 2.21. The third kappa shape index (κ3) is 3.36. The molecule has 2 heteroatoms. The average Bonchev–Trinajstić information content (AvgIpc) is 2.35. The van der Waals surface area contributed by atoms with Crippen LogP contribution >= 0.6 is 0 Å². The van der Waals surface area contributed by atoms with Gasteiger partial charge in [0, 0.05) is 12.6 Å². The molecule has 0 bridgehead atoms. The molecule has 0 radical (unpaired) electrons. The monoisotopic (exact) mass is 217 g/mol. The van der Waals surface area contributed by atoms with E-state index in [1.165, 1.54) is 0 Å². The molecule has 0 spiro atoms. The van der Waals surface area contributed by atoms with Gasteiger partial charge in [-0.1, -0.05) is 38.2 Å². The molecule has 1 heterocycles. The van der Waals surface area contributed by atoms with Crippen LogP contribution < -0.4 is 0 Å². The fourth-order valence-corrected chi connectivity index (χ4v) is 1.41. The predicted molar refractivity (Wildman–Crippen MR) is 65.7 cm³/mol. The number of hydrogen-bond acceptors (Lipinski definition) is 2. The van der Waals surface area contributed by atoms with Crippen LogP contribution in [-0.2, 0) is 5.60 Å². The van der Waals surface area contributed by atoms with Gasteiger partial charge < -0.3 is 5.11 Å². The summed E-state index contributed by atoms with van der Waals surface area (Å²) in [6.07, 6.45) is 5.29. The highest BCUT2D eigenvalue weighted by Gasteiger charge is 2.25. The van der Waals surface area contributed by atoms with Crippen molar-refractivity contribution < 1.29 is 5.11 Å². The highest BCUT2D eigenvalue weighted by molar-refractivity contribution is 5.25. The molecule has 0 fully saturated rings. The fraction of sp³-hybridized carbons (Fsp3) is 0.500. The molecule has 86 valence electrons. The maximum absolute atomic E-state index is 10.4. The molecule has 0 aliphatic carbocycles. The molecule has 16 heavy (non-hydrogen) atoms. The van der Waals surface area contributed by atoms with Crippen LogP contribution in [0.1, 0.15) is 45.2 Å². The Balaban J connectivity index is 2.80. The number of rotatable bonds is 4. The van der Waals surface area contributed by atoms with Gasteiger partial charge in [-0.2, -0.15) is 0 Å². The van der Waals surface area contributed by atoms with E-state index in [9.17, 15) is 5.11 Å². The Morgan fingerprint density at radius 2 is 2.19 bits per heavy atom. The van der Waals surface area contributed by atoms with Crippen LogP contribution in [0.3, 0.4) is 0 Å². The van der Waals surface area contributed by atoms with E-state index in [-0.39, 0.29) is 0 Å². The summed E-state index contributed by atoms with van der Waals surface area (Å²) in [7, 11) is 0. The summed E-state index contributed by atoms with van der Waals surface area (Å²) >= 11 is 0. The Hall–Kier alpha value is -1.33. The van der Waals surface area contributed by atoms with Crippen molar-refractivity contribution in [2.24, 2.45) is 0 Å². The molecular formula is C14H19NO. The van der Waals surface area contributed by atoms with Crippen LogP contribution in [0, 0.1) is 11.8 Å². The van der Waals surface area contributed by atoms with E-state index in [1.54, 1.807) is 6.20 Å². The van der Waals surface area contributed by atoms with Crippen molar-refractivity contribution in [1.82, 2.24) is 4.98 Å². The van der Waals surface area contributed by atoms with Crippen molar-refractivity contribution in [2.45, 2.75) is 45.1 Å². The first kappa shape index (κ1) is 12.7. The fourth-order valence-electron chi connectivity index (χ4n) is 1.41. The molecule has 0 aliphatic heterocycles. The van der Waals surface area contributed by atoms with Crippen LogP contribution in [-0.4, -0.2) is 10.1 Å². The third-order valence-electron chi connectivity index (χ3n) is 2.55. The lowest BCUT2D eigenvalue weighted by Crippen LogP contribution is -2.23. The molecule has 0 aliphatic rings. The Labute approximate surface area is 97.7 Å². The smallest absolute Gasteiger partial charge is 0.167 e. The topological polar surface area (TPSA) is 33.1 Å². The van der Waals surface area contributed by atoms with Gasteiger partial charge >= 0.3 is 0 Å². The first-order valence-corrected chi connectivity index (χ1v) is 5.87. The Kier molecular flexibility index (Phi) is 5.01. The summed E-state index contributed by atoms with van der Waals surface area (Å²) in [5, 5.41) is 10.4. The standard InChI is InChI=1S/C14H19NO/c1-3-5-6-8-11-14(16,4-2)13-10-7-9-12-15-13/h7,9-10,12,16H,3-6H2,1-2H3. The van der Waals surface area contributed by atoms with Gasteiger partial charge in [-0.25, -0.2) is 0 Å². The minimum Gasteiger partial charge on any atom is -0.372 e. The largest absolute Gasteiger partial charge is 0.372 e. The maximum Gasteiger partial charge on any atom is 0.167 e. The minimum atomic E-state index is -1.09. The van der Waals surface area contributed by atoms with Crippen LogP contribution in [0.25, 0.3) is 0 Å². The Morgan fingerprint density at radius 1 is 1.38 bits per heavy atom. The van der Waals surface area contributed by atoms with E-state index in [0.717, 1.165) is 19.3 Å². The zero-order chi connectivity index (χ0) is 11.9. The van der Waals surface area contributed by atoms with Gasteiger partial charge in [-0.15, -0.1) is 0 Å². The van der Waals surface area contributed by atoms with Gasteiger partial charge in [0.25, 0.3) is 0 Å². The highest BCUT2D eigenvalue weighted by atomic mass is 16.3. The molecule has 1 rings (SSSR count). The van der Waals surface area contributed by atoms with Crippen molar-refractivity contribution in [3.05, 3.63) is 30.1 Å². The normalized spacial score (nSPS) is 13.7. The average molecular weight is 217 g/mol. The molecule has 0 aromatic carbocycles. The van der Waals surface area contributed by atoms with Crippen molar-refractivity contribution in [1.29, 1.82) is 0 Å². The third-order valence-corrected chi connectivity index (χ3v) is 2.55. The predicted octanol–water partition coefficient (Wildman–Crippen LogP) is 2.87. The Bertz CT molecular complexity index is 363. The quantitative estimate of drug-likeness (QED) is 0.621. The van der Waals surface area contributed by atoms with E-state index in [4.69, 9.17) is 0 Å². The lowest BCUT2D eigenvalue weighted by Gasteiger charge is -2.19. The molecule has 1 N–H and O–H groups in total. The number of aromatic nitrogens is 1. The lowest BCUT2D eigenvalue weighted by molar-refractivity contribution is 0.0911. The second-order valence-electron chi connectivity index (χ2n) is 3.83. The first-order chi connectivity index (χ1) is 7.73. The van der Waals surface area contributed by atoms with Crippen LogP contribution in [0.2, 0.25) is 0 Å². The van der Waals surface area contributed by atoms with E-state index < -0.39 is 5.60 Å². The van der Waals surface area contributed by atoms with Crippen LogP contribution in [0.15, 0.2) is 24.4 Å². The minimum absolute atomic E-state index is 0.559. The number of pyridine rings is 1. The van der Waals surface area contributed by atoms with Gasteiger partial charge in [0.2, 0.25) is 0 Å². The van der Waals surface area contributed by atoms with E-state index in [0.29, 0.717) is 12.1 Å². The summed E-state index contributed by atoms with van der Waals surface area (Å²) in [6.45, 7) is 4.05. The molecule has 1 aromatic heterocycles. The zero-order valence-corrected chi connectivity index (χ0v) is 10.0. The molecule has 0 saturated carbocycles. The van der Waals surface area contributed by atoms with Crippen molar-refractivity contribution in [3.63, 3.8) is 0 Å². The van der Waals surface area contributed by atoms with E-state index in [1.807, 2.05) is 25.1 Å². The molecule has 0 saturated heterocycles. The van der Waals surface area contributed by atoms with Crippen LogP contribution in [0.5, 0.6) is 0 Å². The molecule has 0 amide bonds. The second kappa shape index (κ2) is 6.30. The summed E-state index contributed by atoms with van der Waals surface area (Å²) in [4.78, 5) is 4.17. The van der Waals surface area contributed by atoms with Crippen LogP contribution in [0.4, 0.5) is 0 Å². The molecule has 1 unspecified atom stereocenters. The number of hydrogen-bond donors (Lipinski definition) is 1. The SMILES string of the molecule is CCCCC#CC(O)(CC)c1ccccn1. The zero-order valence-electron chi connectivity index (χ0n) is 10.0. The van der Waals surface area contributed by atoms with Gasteiger partial charge in [0.1, 0.15) is 0 Å². The van der Waals surface area contributed by atoms with Gasteiger partial charge in [0.15, 0.2) is 5.60 Å². The van der Waals surface area contributed by atoms with Gasteiger partial charge in [0.05, 0.1) is 5.69 Å². The maximum atomic E-state index is 10.4. The van der Waals surface area contributed by atoms with Gasteiger partial charge in [-0.3, -0.25) is 4.98 Å².